The van der Waals surface area contributed by atoms with Gasteiger partial charge in [-0.3, -0.25) is 9.59 Å². The monoisotopic (exact) mass is 560 g/mol. The van der Waals surface area contributed by atoms with Crippen LogP contribution in [0.4, 0.5) is 5.69 Å². The number of hydrogen-bond acceptors (Lipinski definition) is 7. The number of aliphatic hydroxyl groups excluding tert-OH is 1. The van der Waals surface area contributed by atoms with Gasteiger partial charge < -0.3 is 14.4 Å². The van der Waals surface area contributed by atoms with Crippen LogP contribution in [-0.4, -0.2) is 34.7 Å². The molecule has 3 aromatic carbocycles. The first-order valence-electron chi connectivity index (χ1n) is 14.3. The van der Waals surface area contributed by atoms with Gasteiger partial charge in [0.2, 0.25) is 0 Å². The smallest absolute Gasteiger partial charge is 0.168 e. The number of methoxy groups -OCH3 is 1. The van der Waals surface area contributed by atoms with E-state index in [4.69, 9.17) is 14.3 Å². The number of fused-ring (bicyclic) bond motifs is 1. The van der Waals surface area contributed by atoms with Crippen LogP contribution < -0.4 is 4.74 Å². The van der Waals surface area contributed by atoms with E-state index in [0.717, 1.165) is 11.1 Å². The third-order valence-corrected chi connectivity index (χ3v) is 8.18. The predicted molar refractivity (Wildman–Crippen MR) is 160 cm³/mol. The number of rotatable bonds is 8. The number of aliphatic hydroxyl groups is 1. The number of carbonyl (C=O) groups is 2. The molecule has 0 saturated carbocycles. The lowest BCUT2D eigenvalue weighted by Gasteiger charge is -2.25. The van der Waals surface area contributed by atoms with E-state index >= 15 is 0 Å². The first-order chi connectivity index (χ1) is 20.5. The van der Waals surface area contributed by atoms with Crippen LogP contribution in [0.25, 0.3) is 0 Å². The van der Waals surface area contributed by atoms with E-state index < -0.39 is 0 Å². The molecule has 4 aromatic rings. The molecule has 0 radical (unpaired) electrons. The maximum atomic E-state index is 13.6. The molecule has 7 nitrogen and oxygen atoms in total. The lowest BCUT2D eigenvalue weighted by atomic mass is 9.80. The van der Waals surface area contributed by atoms with Gasteiger partial charge in [-0.15, -0.1) is 0 Å². The number of hydrogen-bond donors (Lipinski definition) is 1. The molecule has 0 amide bonds. The summed E-state index contributed by atoms with van der Waals surface area (Å²) < 4.78 is 11.2. The highest BCUT2D eigenvalue weighted by Crippen LogP contribution is 2.38. The standard InChI is InChI=1S/C35H32N2O5/c1-41-32-15-9-8-14-26(32)36-27(34-29(38)18-24(19-30(34)39)22-10-4-2-5-11-22)16-17-28-35-31(40)20-25(21-33(35)42-37-28)23-12-6-3-7-13-23/h2-15,24-25,38H,16-21H2,1H3. The van der Waals surface area contributed by atoms with Crippen molar-refractivity contribution in [2.24, 2.45) is 4.99 Å². The van der Waals surface area contributed by atoms with Gasteiger partial charge in [-0.25, -0.2) is 4.99 Å². The van der Waals surface area contributed by atoms with E-state index in [1.807, 2.05) is 78.9 Å². The fourth-order valence-corrected chi connectivity index (χ4v) is 6.10. The molecule has 2 aliphatic carbocycles. The van der Waals surface area contributed by atoms with Gasteiger partial charge in [0, 0.05) is 25.7 Å². The zero-order valence-corrected chi connectivity index (χ0v) is 23.5. The zero-order chi connectivity index (χ0) is 29.1. The average molecular weight is 561 g/mol. The summed E-state index contributed by atoms with van der Waals surface area (Å²) in [5, 5.41) is 15.5. The zero-order valence-electron chi connectivity index (χ0n) is 23.5. The first kappa shape index (κ1) is 27.4. The van der Waals surface area contributed by atoms with Crippen molar-refractivity contribution in [1.29, 1.82) is 0 Å². The highest BCUT2D eigenvalue weighted by Gasteiger charge is 2.34. The van der Waals surface area contributed by atoms with Crippen molar-refractivity contribution < 1.29 is 24.0 Å². The molecule has 6 rings (SSSR count). The lowest BCUT2D eigenvalue weighted by Crippen LogP contribution is -2.24. The summed E-state index contributed by atoms with van der Waals surface area (Å²) in [4.78, 5) is 31.7. The number of benzene rings is 3. The molecule has 0 bridgehead atoms. The third-order valence-electron chi connectivity index (χ3n) is 8.18. The molecular formula is C35H32N2O5. The molecule has 0 saturated heterocycles. The van der Waals surface area contributed by atoms with Gasteiger partial charge in [0.05, 0.1) is 29.7 Å². The highest BCUT2D eigenvalue weighted by atomic mass is 16.5. The molecule has 42 heavy (non-hydrogen) atoms. The maximum absolute atomic E-state index is 13.6. The van der Waals surface area contributed by atoms with Crippen molar-refractivity contribution >= 4 is 23.0 Å². The molecule has 1 heterocycles. The number of aromatic nitrogens is 1. The molecule has 0 spiro atoms. The van der Waals surface area contributed by atoms with E-state index in [2.05, 4.69) is 5.16 Å². The molecule has 2 unspecified atom stereocenters. The number of aliphatic imine (C=N–C) groups is 1. The minimum Gasteiger partial charge on any atom is -0.511 e. The van der Waals surface area contributed by atoms with Crippen LogP contribution in [0.2, 0.25) is 0 Å². The van der Waals surface area contributed by atoms with Crippen molar-refractivity contribution in [2.45, 2.75) is 50.4 Å². The van der Waals surface area contributed by atoms with Gasteiger partial charge in [-0.05, 0) is 47.9 Å². The molecule has 0 aliphatic heterocycles. The Hall–Kier alpha value is -4.78. The summed E-state index contributed by atoms with van der Waals surface area (Å²) in [6, 6.07) is 27.0. The number of aryl methyl sites for hydroxylation is 1. The van der Waals surface area contributed by atoms with E-state index in [1.165, 1.54) is 0 Å². The van der Waals surface area contributed by atoms with E-state index in [0.29, 0.717) is 59.8 Å². The Morgan fingerprint density at radius 3 is 2.14 bits per heavy atom. The van der Waals surface area contributed by atoms with Crippen LogP contribution >= 0.6 is 0 Å². The number of carbonyl (C=O) groups excluding carboxylic acids is 2. The van der Waals surface area contributed by atoms with E-state index in [1.54, 1.807) is 13.2 Å². The summed E-state index contributed by atoms with van der Waals surface area (Å²) in [5.74, 6) is 0.970. The normalized spacial score (nSPS) is 19.1. The second kappa shape index (κ2) is 12.0. The fraction of sp³-hybridized carbons (Fsp3) is 0.257. The number of Topliss-reactive ketones (excluding diaryl/α,β-unsaturated/α-hetero) is 2. The van der Waals surface area contributed by atoms with Crippen LogP contribution in [0, 0.1) is 0 Å². The topological polar surface area (TPSA) is 102 Å². The summed E-state index contributed by atoms with van der Waals surface area (Å²) in [5.41, 5.74) is 4.44. The molecule has 2 atom stereocenters. The maximum Gasteiger partial charge on any atom is 0.168 e. The minimum atomic E-state index is -0.162. The van der Waals surface area contributed by atoms with Crippen LogP contribution in [0.15, 0.2) is 106 Å². The van der Waals surface area contributed by atoms with E-state index in [9.17, 15) is 14.7 Å². The molecule has 212 valence electrons. The highest BCUT2D eigenvalue weighted by molar-refractivity contribution is 6.24. The van der Waals surface area contributed by atoms with Crippen molar-refractivity contribution in [3.8, 4) is 5.75 Å². The van der Waals surface area contributed by atoms with E-state index in [-0.39, 0.29) is 47.6 Å². The van der Waals surface area contributed by atoms with Gasteiger partial charge in [-0.2, -0.15) is 0 Å². The quantitative estimate of drug-likeness (QED) is 0.228. The van der Waals surface area contributed by atoms with Crippen LogP contribution in [0.5, 0.6) is 5.75 Å². The molecule has 7 heteroatoms. The van der Waals surface area contributed by atoms with Crippen molar-refractivity contribution in [2.75, 3.05) is 7.11 Å². The molecule has 1 N–H and O–H groups in total. The summed E-state index contributed by atoms with van der Waals surface area (Å²) in [6.45, 7) is 0. The molecular weight excluding hydrogens is 528 g/mol. The molecule has 2 aliphatic rings. The second-order valence-electron chi connectivity index (χ2n) is 10.9. The Morgan fingerprint density at radius 2 is 1.48 bits per heavy atom. The van der Waals surface area contributed by atoms with Crippen LogP contribution in [-0.2, 0) is 17.6 Å². The van der Waals surface area contributed by atoms with Crippen molar-refractivity contribution in [1.82, 2.24) is 5.16 Å². The van der Waals surface area contributed by atoms with Crippen molar-refractivity contribution in [3.05, 3.63) is 124 Å². The Bertz CT molecular complexity index is 1670. The SMILES string of the molecule is COc1ccccc1N=C(CCc1noc2c1C(=O)CC(c1ccccc1)C2)C1=C(O)CC(c2ccccc2)CC1=O. The van der Waals surface area contributed by atoms with Crippen LogP contribution in [0.3, 0.4) is 0 Å². The Kier molecular flexibility index (Phi) is 7.82. The summed E-state index contributed by atoms with van der Waals surface area (Å²) in [6.07, 6.45) is 2.22. The first-order valence-corrected chi connectivity index (χ1v) is 14.3. The summed E-state index contributed by atoms with van der Waals surface area (Å²) in [7, 11) is 1.57. The largest absolute Gasteiger partial charge is 0.511 e. The van der Waals surface area contributed by atoms with Gasteiger partial charge in [0.15, 0.2) is 11.6 Å². The number of para-hydroxylation sites is 2. The number of nitrogens with zero attached hydrogens (tertiary/aromatic N) is 2. The number of ketones is 2. The third kappa shape index (κ3) is 5.55. The molecule has 0 fully saturated rings. The minimum absolute atomic E-state index is 0.00563. The fourth-order valence-electron chi connectivity index (χ4n) is 6.10. The summed E-state index contributed by atoms with van der Waals surface area (Å²) >= 11 is 0. The Balaban J connectivity index is 1.30. The van der Waals surface area contributed by atoms with Gasteiger partial charge in [0.1, 0.15) is 23.0 Å². The second-order valence-corrected chi connectivity index (χ2v) is 10.9. The average Bonchev–Trinajstić information content (AvgIpc) is 3.44. The molecule has 1 aromatic heterocycles. The lowest BCUT2D eigenvalue weighted by molar-refractivity contribution is -0.116. The Labute approximate surface area is 244 Å². The predicted octanol–water partition coefficient (Wildman–Crippen LogP) is 7.26. The number of ether oxygens (including phenoxy) is 1. The van der Waals surface area contributed by atoms with Crippen LogP contribution in [0.1, 0.15) is 70.5 Å². The van der Waals surface area contributed by atoms with Gasteiger partial charge in [0.25, 0.3) is 0 Å². The van der Waals surface area contributed by atoms with Crippen molar-refractivity contribution in [3.63, 3.8) is 0 Å². The van der Waals surface area contributed by atoms with Gasteiger partial charge in [-0.1, -0.05) is 78.0 Å². The van der Waals surface area contributed by atoms with Gasteiger partial charge >= 0.3 is 0 Å². The Morgan fingerprint density at radius 1 is 0.857 bits per heavy atom. The number of allylic oxidation sites excluding steroid dienone is 2.